The quantitative estimate of drug-likeness (QED) is 0.512. The standard InChI is InChI=1S/C21H15F2N3O/c22-17-8-6-16(7-9-17)20-13-26(25-24-20)18-10-11-21(19(23)12-18)27-14-15-4-2-1-3-5-15/h1-13H,14H2. The topological polar surface area (TPSA) is 39.9 Å². The van der Waals surface area contributed by atoms with Crippen LogP contribution in [0, 0.1) is 11.6 Å². The number of nitrogens with zero attached hydrogens (tertiary/aromatic N) is 3. The Morgan fingerprint density at radius 2 is 1.67 bits per heavy atom. The molecule has 0 aliphatic carbocycles. The lowest BCUT2D eigenvalue weighted by atomic mass is 10.2. The molecule has 0 unspecified atom stereocenters. The van der Waals surface area contributed by atoms with E-state index in [1.807, 2.05) is 30.3 Å². The third-order valence-corrected chi connectivity index (χ3v) is 4.05. The maximum Gasteiger partial charge on any atom is 0.167 e. The van der Waals surface area contributed by atoms with Crippen LogP contribution in [-0.2, 0) is 6.61 Å². The second-order valence-electron chi connectivity index (χ2n) is 5.94. The van der Waals surface area contributed by atoms with E-state index in [-0.39, 0.29) is 18.2 Å². The maximum atomic E-state index is 14.4. The Morgan fingerprint density at radius 3 is 2.41 bits per heavy atom. The van der Waals surface area contributed by atoms with Gasteiger partial charge in [0, 0.05) is 11.6 Å². The van der Waals surface area contributed by atoms with E-state index in [2.05, 4.69) is 10.3 Å². The average molecular weight is 363 g/mol. The van der Waals surface area contributed by atoms with Crippen molar-refractivity contribution in [2.75, 3.05) is 0 Å². The van der Waals surface area contributed by atoms with E-state index in [0.29, 0.717) is 11.4 Å². The molecule has 1 aromatic heterocycles. The number of hydrogen-bond acceptors (Lipinski definition) is 3. The summed E-state index contributed by atoms with van der Waals surface area (Å²) in [7, 11) is 0. The molecule has 0 amide bonds. The monoisotopic (exact) mass is 363 g/mol. The van der Waals surface area contributed by atoms with E-state index in [1.54, 1.807) is 30.5 Å². The van der Waals surface area contributed by atoms with Gasteiger partial charge in [-0.25, -0.2) is 13.5 Å². The zero-order chi connectivity index (χ0) is 18.6. The van der Waals surface area contributed by atoms with Crippen LogP contribution >= 0.6 is 0 Å². The van der Waals surface area contributed by atoms with Crippen LogP contribution in [0.5, 0.6) is 5.75 Å². The zero-order valence-electron chi connectivity index (χ0n) is 14.2. The summed E-state index contributed by atoms with van der Waals surface area (Å²) >= 11 is 0. The molecule has 4 aromatic rings. The van der Waals surface area contributed by atoms with Gasteiger partial charge < -0.3 is 4.74 Å². The molecule has 3 aromatic carbocycles. The summed E-state index contributed by atoms with van der Waals surface area (Å²) in [5.41, 5.74) is 2.77. The fourth-order valence-electron chi connectivity index (χ4n) is 2.63. The maximum absolute atomic E-state index is 14.4. The molecule has 0 N–H and O–H groups in total. The van der Waals surface area contributed by atoms with E-state index < -0.39 is 5.82 Å². The third kappa shape index (κ3) is 3.84. The number of aromatic nitrogens is 3. The van der Waals surface area contributed by atoms with Gasteiger partial charge in [-0.2, -0.15) is 0 Å². The first-order chi connectivity index (χ1) is 13.2. The predicted molar refractivity (Wildman–Crippen MR) is 97.5 cm³/mol. The molecule has 0 atom stereocenters. The minimum Gasteiger partial charge on any atom is -0.486 e. The number of rotatable bonds is 5. The van der Waals surface area contributed by atoms with Gasteiger partial charge in [0.05, 0.1) is 11.9 Å². The highest BCUT2D eigenvalue weighted by Crippen LogP contribution is 2.23. The smallest absolute Gasteiger partial charge is 0.167 e. The second kappa shape index (κ2) is 7.37. The molecule has 0 bridgehead atoms. The molecule has 0 saturated heterocycles. The van der Waals surface area contributed by atoms with E-state index in [4.69, 9.17) is 4.74 Å². The fourth-order valence-corrected chi connectivity index (χ4v) is 2.63. The first-order valence-corrected chi connectivity index (χ1v) is 8.34. The van der Waals surface area contributed by atoms with Crippen molar-refractivity contribution in [1.82, 2.24) is 15.0 Å². The number of halogens is 2. The summed E-state index contributed by atoms with van der Waals surface area (Å²) in [6.07, 6.45) is 1.66. The van der Waals surface area contributed by atoms with Crippen LogP contribution in [0.15, 0.2) is 79.0 Å². The normalized spacial score (nSPS) is 10.7. The summed E-state index contributed by atoms with van der Waals surface area (Å²) in [4.78, 5) is 0. The molecular formula is C21H15F2N3O. The molecule has 134 valence electrons. The number of benzene rings is 3. The fraction of sp³-hybridized carbons (Fsp3) is 0.0476. The van der Waals surface area contributed by atoms with Gasteiger partial charge >= 0.3 is 0 Å². The number of hydrogen-bond donors (Lipinski definition) is 0. The van der Waals surface area contributed by atoms with Crippen LogP contribution in [0.3, 0.4) is 0 Å². The second-order valence-corrected chi connectivity index (χ2v) is 5.94. The van der Waals surface area contributed by atoms with E-state index in [0.717, 1.165) is 11.1 Å². The van der Waals surface area contributed by atoms with Crippen LogP contribution in [0.4, 0.5) is 8.78 Å². The Balaban J connectivity index is 1.51. The lowest BCUT2D eigenvalue weighted by molar-refractivity contribution is 0.290. The molecule has 6 heteroatoms. The van der Waals surface area contributed by atoms with E-state index in [1.165, 1.54) is 22.9 Å². The van der Waals surface area contributed by atoms with Gasteiger partial charge in [-0.3, -0.25) is 0 Å². The first-order valence-electron chi connectivity index (χ1n) is 8.34. The molecular weight excluding hydrogens is 348 g/mol. The minimum absolute atomic E-state index is 0.168. The molecule has 1 heterocycles. The van der Waals surface area contributed by atoms with Crippen molar-refractivity contribution in [3.63, 3.8) is 0 Å². The van der Waals surface area contributed by atoms with Crippen molar-refractivity contribution in [2.45, 2.75) is 6.61 Å². The highest BCUT2D eigenvalue weighted by Gasteiger charge is 2.10. The third-order valence-electron chi connectivity index (χ3n) is 4.05. The van der Waals surface area contributed by atoms with Crippen LogP contribution < -0.4 is 4.74 Å². The largest absolute Gasteiger partial charge is 0.486 e. The molecule has 4 nitrogen and oxygen atoms in total. The van der Waals surface area contributed by atoms with Crippen molar-refractivity contribution in [3.8, 4) is 22.7 Å². The predicted octanol–water partition coefficient (Wildman–Crippen LogP) is 4.79. The Bertz CT molecular complexity index is 1050. The van der Waals surface area contributed by atoms with Gasteiger partial charge in [0.2, 0.25) is 0 Å². The van der Waals surface area contributed by atoms with Crippen LogP contribution in [0.25, 0.3) is 16.9 Å². The van der Waals surface area contributed by atoms with Gasteiger partial charge in [-0.05, 0) is 42.0 Å². The van der Waals surface area contributed by atoms with E-state index >= 15 is 0 Å². The van der Waals surface area contributed by atoms with E-state index in [9.17, 15) is 8.78 Å². The zero-order valence-corrected chi connectivity index (χ0v) is 14.2. The molecule has 0 aliphatic rings. The molecule has 0 saturated carbocycles. The molecule has 0 aliphatic heterocycles. The van der Waals surface area contributed by atoms with Crippen LogP contribution in [0.2, 0.25) is 0 Å². The summed E-state index contributed by atoms with van der Waals surface area (Å²) in [5.74, 6) is -0.636. The van der Waals surface area contributed by atoms with Gasteiger partial charge in [0.25, 0.3) is 0 Å². The average Bonchev–Trinajstić information content (AvgIpc) is 3.18. The molecule has 0 spiro atoms. The molecule has 0 fully saturated rings. The van der Waals surface area contributed by atoms with Gasteiger partial charge in [-0.1, -0.05) is 35.5 Å². The Kier molecular flexibility index (Phi) is 4.61. The Labute approximate surface area is 154 Å². The first kappa shape index (κ1) is 16.9. The minimum atomic E-state index is -0.484. The summed E-state index contributed by atoms with van der Waals surface area (Å²) < 4.78 is 34.4. The SMILES string of the molecule is Fc1ccc(-c2cn(-c3ccc(OCc4ccccc4)c(F)c3)nn2)cc1. The lowest BCUT2D eigenvalue weighted by Gasteiger charge is -2.08. The molecule has 4 rings (SSSR count). The van der Waals surface area contributed by atoms with Crippen molar-refractivity contribution < 1.29 is 13.5 Å². The van der Waals surface area contributed by atoms with Gasteiger partial charge in [-0.15, -0.1) is 5.10 Å². The van der Waals surface area contributed by atoms with Crippen molar-refractivity contribution in [1.29, 1.82) is 0 Å². The Morgan fingerprint density at radius 1 is 0.889 bits per heavy atom. The van der Waals surface area contributed by atoms with Gasteiger partial charge in [0.1, 0.15) is 18.1 Å². The number of ether oxygens (including phenoxy) is 1. The van der Waals surface area contributed by atoms with Crippen LogP contribution in [-0.4, -0.2) is 15.0 Å². The highest BCUT2D eigenvalue weighted by atomic mass is 19.1. The molecule has 27 heavy (non-hydrogen) atoms. The summed E-state index contributed by atoms with van der Waals surface area (Å²) in [6, 6.07) is 20.1. The van der Waals surface area contributed by atoms with Crippen molar-refractivity contribution in [2.24, 2.45) is 0 Å². The molecule has 0 radical (unpaired) electrons. The van der Waals surface area contributed by atoms with Crippen LogP contribution in [0.1, 0.15) is 5.56 Å². The van der Waals surface area contributed by atoms with Crippen molar-refractivity contribution >= 4 is 0 Å². The highest BCUT2D eigenvalue weighted by molar-refractivity contribution is 5.58. The van der Waals surface area contributed by atoms with Gasteiger partial charge in [0.15, 0.2) is 11.6 Å². The van der Waals surface area contributed by atoms with Crippen molar-refractivity contribution in [3.05, 3.63) is 96.2 Å². The summed E-state index contributed by atoms with van der Waals surface area (Å²) in [5, 5.41) is 8.07. The summed E-state index contributed by atoms with van der Waals surface area (Å²) in [6.45, 7) is 0.287. The Hall–Kier alpha value is -3.54. The lowest BCUT2D eigenvalue weighted by Crippen LogP contribution is -2.00.